The number of anilines is 1. The Morgan fingerprint density at radius 2 is 2.12 bits per heavy atom. The Balaban J connectivity index is 2.34. The van der Waals surface area contributed by atoms with Crippen LogP contribution < -0.4 is 10.6 Å². The van der Waals surface area contributed by atoms with Gasteiger partial charge >= 0.3 is 0 Å². The highest BCUT2D eigenvalue weighted by Gasteiger charge is 2.08. The van der Waals surface area contributed by atoms with Gasteiger partial charge in [0.05, 0.1) is 5.69 Å². The van der Waals surface area contributed by atoms with Crippen LogP contribution in [0, 0.1) is 0 Å². The normalized spacial score (nSPS) is 11.2. The smallest absolute Gasteiger partial charge is 0.227 e. The average molecular weight is 255 g/mol. The highest BCUT2D eigenvalue weighted by molar-refractivity contribution is 7.13. The first-order valence-corrected chi connectivity index (χ1v) is 6.85. The molecule has 0 aromatic carbocycles. The molecular formula is C12H21N3OS. The van der Waals surface area contributed by atoms with Crippen molar-refractivity contribution in [1.82, 2.24) is 10.3 Å². The first-order chi connectivity index (χ1) is 7.99. The highest BCUT2D eigenvalue weighted by Crippen LogP contribution is 2.21. The van der Waals surface area contributed by atoms with E-state index in [-0.39, 0.29) is 5.91 Å². The van der Waals surface area contributed by atoms with Crippen molar-refractivity contribution in [2.45, 2.75) is 46.1 Å². The van der Waals surface area contributed by atoms with Gasteiger partial charge in [0.1, 0.15) is 0 Å². The summed E-state index contributed by atoms with van der Waals surface area (Å²) < 4.78 is 0. The van der Waals surface area contributed by atoms with Crippen LogP contribution in [-0.4, -0.2) is 23.5 Å². The van der Waals surface area contributed by atoms with Crippen LogP contribution in [0.15, 0.2) is 5.38 Å². The number of hydrogen-bond donors (Lipinski definition) is 2. The van der Waals surface area contributed by atoms with Crippen LogP contribution in [0.4, 0.5) is 5.13 Å². The van der Waals surface area contributed by atoms with E-state index in [4.69, 9.17) is 0 Å². The molecule has 0 fully saturated rings. The van der Waals surface area contributed by atoms with E-state index in [1.807, 2.05) is 5.38 Å². The van der Waals surface area contributed by atoms with Crippen LogP contribution >= 0.6 is 11.3 Å². The summed E-state index contributed by atoms with van der Waals surface area (Å²) in [6.45, 7) is 9.01. The van der Waals surface area contributed by atoms with Gasteiger partial charge in [-0.3, -0.25) is 4.79 Å². The Morgan fingerprint density at radius 3 is 2.65 bits per heavy atom. The summed E-state index contributed by atoms with van der Waals surface area (Å²) in [7, 11) is 0. The first kappa shape index (κ1) is 14.1. The van der Waals surface area contributed by atoms with Crippen LogP contribution in [0.5, 0.6) is 0 Å². The van der Waals surface area contributed by atoms with Crippen LogP contribution in [0.1, 0.15) is 45.7 Å². The second kappa shape index (κ2) is 6.71. The zero-order chi connectivity index (χ0) is 12.8. The fourth-order valence-corrected chi connectivity index (χ4v) is 2.15. The Bertz CT molecular complexity index is 360. The molecule has 1 rings (SSSR count). The standard InChI is InChI=1S/C12H21N3OS/c1-8(2)10-7-17-12(14-10)15-11(16)5-6-13-9(3)4/h7-9,13H,5-6H2,1-4H3,(H,14,15,16). The number of carbonyl (C=O) groups excluding carboxylic acids is 1. The number of rotatable bonds is 6. The van der Waals surface area contributed by atoms with E-state index in [0.717, 1.165) is 5.69 Å². The second-order valence-electron chi connectivity index (χ2n) is 4.64. The Kier molecular flexibility index (Phi) is 5.58. The van der Waals surface area contributed by atoms with Crippen molar-refractivity contribution in [1.29, 1.82) is 0 Å². The lowest BCUT2D eigenvalue weighted by molar-refractivity contribution is -0.116. The summed E-state index contributed by atoms with van der Waals surface area (Å²) in [5, 5.41) is 8.72. The number of thiazole rings is 1. The number of hydrogen-bond acceptors (Lipinski definition) is 4. The van der Waals surface area contributed by atoms with Crippen molar-refractivity contribution >= 4 is 22.4 Å². The second-order valence-corrected chi connectivity index (χ2v) is 5.50. The molecule has 1 heterocycles. The summed E-state index contributed by atoms with van der Waals surface area (Å²) in [4.78, 5) is 15.9. The average Bonchev–Trinajstić information content (AvgIpc) is 2.65. The van der Waals surface area contributed by atoms with Crippen molar-refractivity contribution < 1.29 is 4.79 Å². The fraction of sp³-hybridized carbons (Fsp3) is 0.667. The maximum Gasteiger partial charge on any atom is 0.227 e. The van der Waals surface area contributed by atoms with E-state index >= 15 is 0 Å². The van der Waals surface area contributed by atoms with Gasteiger partial charge in [-0.1, -0.05) is 27.7 Å². The molecule has 0 saturated heterocycles. The molecule has 0 aliphatic heterocycles. The molecule has 0 saturated carbocycles. The number of amides is 1. The molecule has 0 unspecified atom stereocenters. The van der Waals surface area contributed by atoms with Crippen molar-refractivity contribution in [3.05, 3.63) is 11.1 Å². The molecule has 17 heavy (non-hydrogen) atoms. The molecule has 1 aromatic heterocycles. The van der Waals surface area contributed by atoms with Crippen molar-refractivity contribution in [2.24, 2.45) is 0 Å². The van der Waals surface area contributed by atoms with E-state index in [1.165, 1.54) is 11.3 Å². The topological polar surface area (TPSA) is 54.0 Å². The zero-order valence-corrected chi connectivity index (χ0v) is 11.7. The third kappa shape index (κ3) is 5.28. The lowest BCUT2D eigenvalue weighted by atomic mass is 10.2. The quantitative estimate of drug-likeness (QED) is 0.821. The minimum absolute atomic E-state index is 0.0165. The summed E-state index contributed by atoms with van der Waals surface area (Å²) in [6.07, 6.45) is 0.481. The van der Waals surface area contributed by atoms with Crippen molar-refractivity contribution in [3.63, 3.8) is 0 Å². The summed E-state index contributed by atoms with van der Waals surface area (Å²) >= 11 is 1.48. The third-order valence-corrected chi connectivity index (χ3v) is 3.04. The van der Waals surface area contributed by atoms with E-state index in [1.54, 1.807) is 0 Å². The van der Waals surface area contributed by atoms with Crippen LogP contribution in [0.3, 0.4) is 0 Å². The maximum atomic E-state index is 11.6. The minimum Gasteiger partial charge on any atom is -0.314 e. The number of aromatic nitrogens is 1. The first-order valence-electron chi connectivity index (χ1n) is 5.97. The molecule has 0 radical (unpaired) electrons. The Labute approximate surface area is 107 Å². The van der Waals surface area contributed by atoms with Gasteiger partial charge in [0.25, 0.3) is 0 Å². The van der Waals surface area contributed by atoms with Crippen LogP contribution in [0.2, 0.25) is 0 Å². The number of nitrogens with zero attached hydrogens (tertiary/aromatic N) is 1. The van der Waals surface area contributed by atoms with Crippen LogP contribution in [-0.2, 0) is 4.79 Å². The minimum atomic E-state index is 0.0165. The number of carbonyl (C=O) groups is 1. The third-order valence-electron chi connectivity index (χ3n) is 2.26. The van der Waals surface area contributed by atoms with Gasteiger partial charge in [-0.2, -0.15) is 0 Å². The molecule has 1 amide bonds. The molecule has 96 valence electrons. The molecular weight excluding hydrogens is 234 g/mol. The van der Waals surface area contributed by atoms with E-state index in [2.05, 4.69) is 43.3 Å². The largest absolute Gasteiger partial charge is 0.314 e. The van der Waals surface area contributed by atoms with Gasteiger partial charge in [0.15, 0.2) is 5.13 Å². The molecule has 0 aliphatic rings. The molecule has 2 N–H and O–H groups in total. The summed E-state index contributed by atoms with van der Waals surface area (Å²) in [5.41, 5.74) is 1.03. The van der Waals surface area contributed by atoms with Crippen LogP contribution in [0.25, 0.3) is 0 Å². The Morgan fingerprint density at radius 1 is 1.41 bits per heavy atom. The van der Waals surface area contributed by atoms with E-state index < -0.39 is 0 Å². The molecule has 0 aliphatic carbocycles. The molecule has 0 spiro atoms. The lowest BCUT2D eigenvalue weighted by Gasteiger charge is -2.07. The fourth-order valence-electron chi connectivity index (χ4n) is 1.26. The molecule has 0 bridgehead atoms. The SMILES string of the molecule is CC(C)NCCC(=O)Nc1nc(C(C)C)cs1. The van der Waals surface area contributed by atoms with Gasteiger partial charge in [0.2, 0.25) is 5.91 Å². The highest BCUT2D eigenvalue weighted by atomic mass is 32.1. The van der Waals surface area contributed by atoms with E-state index in [9.17, 15) is 4.79 Å². The van der Waals surface area contributed by atoms with E-state index in [0.29, 0.717) is 30.1 Å². The van der Waals surface area contributed by atoms with Gasteiger partial charge in [-0.15, -0.1) is 11.3 Å². The van der Waals surface area contributed by atoms with Gasteiger partial charge < -0.3 is 10.6 Å². The van der Waals surface area contributed by atoms with Gasteiger partial charge in [0, 0.05) is 24.4 Å². The lowest BCUT2D eigenvalue weighted by Crippen LogP contribution is -2.27. The van der Waals surface area contributed by atoms with Crippen molar-refractivity contribution in [2.75, 3.05) is 11.9 Å². The Hall–Kier alpha value is -0.940. The van der Waals surface area contributed by atoms with Crippen molar-refractivity contribution in [3.8, 4) is 0 Å². The molecule has 4 nitrogen and oxygen atoms in total. The monoisotopic (exact) mass is 255 g/mol. The van der Waals surface area contributed by atoms with Gasteiger partial charge in [-0.25, -0.2) is 4.98 Å². The summed E-state index contributed by atoms with van der Waals surface area (Å²) in [6, 6.07) is 0.412. The van der Waals surface area contributed by atoms with Gasteiger partial charge in [-0.05, 0) is 5.92 Å². The predicted molar refractivity (Wildman–Crippen MR) is 72.6 cm³/mol. The zero-order valence-electron chi connectivity index (χ0n) is 10.9. The molecule has 1 aromatic rings. The predicted octanol–water partition coefficient (Wildman–Crippen LogP) is 2.59. The molecule has 5 heteroatoms. The summed E-state index contributed by atoms with van der Waals surface area (Å²) in [5.74, 6) is 0.419. The number of nitrogens with one attached hydrogen (secondary N) is 2. The maximum absolute atomic E-state index is 11.6. The molecule has 0 atom stereocenters.